The van der Waals surface area contributed by atoms with Crippen molar-refractivity contribution in [2.75, 3.05) is 57.4 Å². The van der Waals surface area contributed by atoms with Crippen molar-refractivity contribution >= 4 is 17.9 Å². The molecule has 2 aliphatic heterocycles. The third-order valence-corrected chi connectivity index (χ3v) is 6.08. The SMILES string of the molecule is CCOC(=O)C(OCC)N1CCN(CC2CN(c3ccc(-c4noc(=O)[nH]4)cc3)C(C=O)O2)CC1. The quantitative estimate of drug-likeness (QED) is 0.365. The van der Waals surface area contributed by atoms with Gasteiger partial charge in [0, 0.05) is 57.1 Å². The van der Waals surface area contributed by atoms with Crippen molar-refractivity contribution in [2.24, 2.45) is 0 Å². The lowest BCUT2D eigenvalue weighted by Crippen LogP contribution is -2.55. The highest BCUT2D eigenvalue weighted by atomic mass is 16.6. The fourth-order valence-electron chi connectivity index (χ4n) is 4.42. The molecule has 1 aromatic heterocycles. The minimum absolute atomic E-state index is 0.143. The topological polar surface area (TPSA) is 130 Å². The van der Waals surface area contributed by atoms with Gasteiger partial charge < -0.3 is 19.1 Å². The summed E-state index contributed by atoms with van der Waals surface area (Å²) in [4.78, 5) is 43.8. The molecule has 0 saturated carbocycles. The molecule has 3 atom stereocenters. The molecule has 190 valence electrons. The van der Waals surface area contributed by atoms with Crippen LogP contribution in [0.5, 0.6) is 0 Å². The number of nitrogens with one attached hydrogen (secondary N) is 1. The van der Waals surface area contributed by atoms with Gasteiger partial charge in [-0.15, -0.1) is 0 Å². The van der Waals surface area contributed by atoms with E-state index in [9.17, 15) is 14.4 Å². The Morgan fingerprint density at radius 3 is 2.54 bits per heavy atom. The van der Waals surface area contributed by atoms with Crippen LogP contribution in [0, 0.1) is 0 Å². The van der Waals surface area contributed by atoms with Gasteiger partial charge in [0.05, 0.1) is 12.7 Å². The Kier molecular flexibility index (Phi) is 8.29. The van der Waals surface area contributed by atoms with Gasteiger partial charge >= 0.3 is 11.7 Å². The van der Waals surface area contributed by atoms with E-state index in [0.29, 0.717) is 50.8 Å². The Balaban J connectivity index is 1.32. The van der Waals surface area contributed by atoms with Gasteiger partial charge in [0.25, 0.3) is 0 Å². The van der Waals surface area contributed by atoms with Crippen molar-refractivity contribution in [1.82, 2.24) is 19.9 Å². The number of ether oxygens (including phenoxy) is 3. The summed E-state index contributed by atoms with van der Waals surface area (Å²) >= 11 is 0. The lowest BCUT2D eigenvalue weighted by atomic mass is 10.1. The molecule has 2 saturated heterocycles. The molecule has 0 spiro atoms. The van der Waals surface area contributed by atoms with Crippen molar-refractivity contribution in [1.29, 1.82) is 0 Å². The molecule has 0 aliphatic carbocycles. The Morgan fingerprint density at radius 2 is 1.94 bits per heavy atom. The molecular formula is C23H31N5O7. The second kappa shape index (κ2) is 11.6. The lowest BCUT2D eigenvalue weighted by molar-refractivity contribution is -0.173. The summed E-state index contributed by atoms with van der Waals surface area (Å²) < 4.78 is 21.3. The van der Waals surface area contributed by atoms with Crippen LogP contribution in [0.4, 0.5) is 5.69 Å². The number of piperazine rings is 1. The molecule has 2 aromatic rings. The Morgan fingerprint density at radius 1 is 1.20 bits per heavy atom. The van der Waals surface area contributed by atoms with Crippen molar-refractivity contribution < 1.29 is 28.3 Å². The summed E-state index contributed by atoms with van der Waals surface area (Å²) in [5.41, 5.74) is 1.53. The molecule has 4 rings (SSSR count). The van der Waals surface area contributed by atoms with E-state index in [2.05, 4.69) is 19.6 Å². The number of aromatic amines is 1. The van der Waals surface area contributed by atoms with E-state index in [0.717, 1.165) is 25.1 Å². The van der Waals surface area contributed by atoms with Crippen LogP contribution in [0.2, 0.25) is 0 Å². The standard InChI is InChI=1S/C23H31N5O7/c1-3-32-21(22(30)33-4-2)27-11-9-26(10-12-27)13-18-14-28(19(15-29)34-18)17-7-5-16(6-8-17)20-24-23(31)35-25-20/h5-8,15,18-19,21H,3-4,9-14H2,1-2H3,(H,24,25,31). The van der Waals surface area contributed by atoms with Crippen molar-refractivity contribution in [3.8, 4) is 11.4 Å². The predicted molar refractivity (Wildman–Crippen MR) is 125 cm³/mol. The van der Waals surface area contributed by atoms with E-state index < -0.39 is 18.2 Å². The largest absolute Gasteiger partial charge is 0.463 e. The van der Waals surface area contributed by atoms with Crippen LogP contribution in [0.15, 0.2) is 33.6 Å². The molecule has 3 heterocycles. The van der Waals surface area contributed by atoms with E-state index in [4.69, 9.17) is 14.2 Å². The van der Waals surface area contributed by atoms with Crippen LogP contribution in [0.3, 0.4) is 0 Å². The molecule has 12 heteroatoms. The number of esters is 1. The Bertz CT molecular complexity index is 1030. The van der Waals surface area contributed by atoms with Crippen LogP contribution >= 0.6 is 0 Å². The number of hydrogen-bond donors (Lipinski definition) is 1. The summed E-state index contributed by atoms with van der Waals surface area (Å²) in [5.74, 6) is -0.624. The summed E-state index contributed by atoms with van der Waals surface area (Å²) in [6, 6.07) is 7.31. The zero-order valence-electron chi connectivity index (χ0n) is 19.9. The number of benzene rings is 1. The molecule has 12 nitrogen and oxygen atoms in total. The van der Waals surface area contributed by atoms with Gasteiger partial charge in [-0.05, 0) is 38.1 Å². The van der Waals surface area contributed by atoms with Gasteiger partial charge in [-0.25, -0.2) is 9.59 Å². The fourth-order valence-corrected chi connectivity index (χ4v) is 4.42. The maximum absolute atomic E-state index is 12.3. The van der Waals surface area contributed by atoms with Crippen molar-refractivity contribution in [2.45, 2.75) is 32.4 Å². The number of aromatic nitrogens is 2. The van der Waals surface area contributed by atoms with E-state index in [-0.39, 0.29) is 12.1 Å². The predicted octanol–water partition coefficient (Wildman–Crippen LogP) is 0.303. The van der Waals surface area contributed by atoms with Crippen LogP contribution in [0.1, 0.15) is 13.8 Å². The number of anilines is 1. The molecule has 0 bridgehead atoms. The minimum atomic E-state index is -0.683. The van der Waals surface area contributed by atoms with Crippen LogP contribution < -0.4 is 10.7 Å². The van der Waals surface area contributed by atoms with E-state index in [1.165, 1.54) is 0 Å². The highest BCUT2D eigenvalue weighted by Crippen LogP contribution is 2.27. The molecule has 1 aromatic carbocycles. The smallest absolute Gasteiger partial charge is 0.439 e. The van der Waals surface area contributed by atoms with Crippen molar-refractivity contribution in [3.05, 3.63) is 34.8 Å². The Labute approximate surface area is 202 Å². The van der Waals surface area contributed by atoms with Gasteiger partial charge in [-0.1, -0.05) is 5.16 Å². The first-order chi connectivity index (χ1) is 17.0. The molecule has 0 amide bonds. The van der Waals surface area contributed by atoms with Gasteiger partial charge in [-0.2, -0.15) is 0 Å². The average molecular weight is 490 g/mol. The molecule has 2 aliphatic rings. The zero-order chi connectivity index (χ0) is 24.8. The molecule has 1 N–H and O–H groups in total. The summed E-state index contributed by atoms with van der Waals surface area (Å²) in [7, 11) is 0. The molecular weight excluding hydrogens is 458 g/mol. The number of H-pyrrole nitrogens is 1. The number of carbonyl (C=O) groups is 2. The zero-order valence-corrected chi connectivity index (χ0v) is 19.9. The third kappa shape index (κ3) is 5.96. The first kappa shape index (κ1) is 25.0. The van der Waals surface area contributed by atoms with Crippen LogP contribution in [-0.4, -0.2) is 103 Å². The van der Waals surface area contributed by atoms with Gasteiger partial charge in [0.1, 0.15) is 0 Å². The first-order valence-corrected chi connectivity index (χ1v) is 11.8. The van der Waals surface area contributed by atoms with E-state index >= 15 is 0 Å². The van der Waals surface area contributed by atoms with Crippen molar-refractivity contribution in [3.63, 3.8) is 0 Å². The molecule has 0 radical (unpaired) electrons. The summed E-state index contributed by atoms with van der Waals surface area (Å²) in [6.07, 6.45) is -0.702. The molecule has 35 heavy (non-hydrogen) atoms. The van der Waals surface area contributed by atoms with Gasteiger partial charge in [-0.3, -0.25) is 24.1 Å². The molecule has 2 fully saturated rings. The number of carbonyl (C=O) groups excluding carboxylic acids is 2. The Hall–Kier alpha value is -3.06. The highest BCUT2D eigenvalue weighted by Gasteiger charge is 2.36. The summed E-state index contributed by atoms with van der Waals surface area (Å²) in [6.45, 7) is 8.46. The van der Waals surface area contributed by atoms with Crippen LogP contribution in [0.25, 0.3) is 11.4 Å². The lowest BCUT2D eigenvalue weighted by Gasteiger charge is -2.38. The maximum Gasteiger partial charge on any atom is 0.439 e. The minimum Gasteiger partial charge on any atom is -0.463 e. The van der Waals surface area contributed by atoms with Crippen LogP contribution in [-0.2, 0) is 23.8 Å². The van der Waals surface area contributed by atoms with Gasteiger partial charge in [0.15, 0.2) is 18.3 Å². The average Bonchev–Trinajstić information content (AvgIpc) is 3.49. The van der Waals surface area contributed by atoms with E-state index in [1.807, 2.05) is 28.9 Å². The summed E-state index contributed by atoms with van der Waals surface area (Å²) in [5, 5.41) is 3.69. The van der Waals surface area contributed by atoms with E-state index in [1.54, 1.807) is 19.1 Å². The first-order valence-electron chi connectivity index (χ1n) is 11.8. The monoisotopic (exact) mass is 489 g/mol. The fraction of sp³-hybridized carbons (Fsp3) is 0.565. The number of rotatable bonds is 10. The third-order valence-electron chi connectivity index (χ3n) is 6.08. The number of nitrogens with zero attached hydrogens (tertiary/aromatic N) is 4. The number of hydrogen-bond acceptors (Lipinski definition) is 11. The highest BCUT2D eigenvalue weighted by molar-refractivity contribution is 5.74. The molecule has 3 unspecified atom stereocenters. The maximum atomic E-state index is 12.3. The second-order valence-corrected chi connectivity index (χ2v) is 8.32. The number of aldehydes is 1. The van der Waals surface area contributed by atoms with Gasteiger partial charge in [0.2, 0.25) is 6.23 Å². The second-order valence-electron chi connectivity index (χ2n) is 8.32. The normalized spacial score (nSPS) is 22.3.